The second kappa shape index (κ2) is 5.92. The van der Waals surface area contributed by atoms with E-state index < -0.39 is 15.7 Å². The number of para-hydroxylation sites is 2. The van der Waals surface area contributed by atoms with Crippen LogP contribution in [0.4, 0.5) is 11.4 Å². The van der Waals surface area contributed by atoms with E-state index in [0.29, 0.717) is 11.4 Å². The van der Waals surface area contributed by atoms with E-state index in [0.717, 1.165) is 6.26 Å². The van der Waals surface area contributed by atoms with Crippen molar-refractivity contribution in [3.8, 4) is 0 Å². The van der Waals surface area contributed by atoms with Gasteiger partial charge in [0.1, 0.15) is 6.54 Å². The monoisotopic (exact) mass is 364 g/mol. The number of fused-ring (bicyclic) bond motifs is 1. The highest BCUT2D eigenvalue weighted by atomic mass is 35.5. The molecule has 1 heterocycles. The predicted molar refractivity (Wildman–Crippen MR) is 91.3 cm³/mol. The summed E-state index contributed by atoms with van der Waals surface area (Å²) in [5.41, 5.74) is 1.07. The Morgan fingerprint density at radius 1 is 1.21 bits per heavy atom. The number of benzene rings is 2. The maximum Gasteiger partial charge on any atom is 0.260 e. The average molecular weight is 365 g/mol. The maximum atomic E-state index is 12.9. The lowest BCUT2D eigenvalue weighted by molar-refractivity contribution is -0.115. The Morgan fingerprint density at radius 3 is 2.62 bits per heavy atom. The highest BCUT2D eigenvalue weighted by Gasteiger charge is 2.29. The van der Waals surface area contributed by atoms with Crippen molar-refractivity contribution in [1.82, 2.24) is 0 Å². The van der Waals surface area contributed by atoms with Crippen molar-refractivity contribution >= 4 is 44.6 Å². The molecule has 2 aromatic carbocycles. The highest BCUT2D eigenvalue weighted by Crippen LogP contribution is 2.31. The van der Waals surface area contributed by atoms with Gasteiger partial charge in [0.15, 0.2) is 9.84 Å². The second-order valence-corrected chi connectivity index (χ2v) is 7.79. The lowest BCUT2D eigenvalue weighted by Crippen LogP contribution is -2.42. The molecule has 2 aromatic rings. The molecule has 0 aromatic heterocycles. The number of nitrogens with one attached hydrogen (secondary N) is 1. The average Bonchev–Trinajstić information content (AvgIpc) is 2.52. The normalized spacial score (nSPS) is 14.1. The van der Waals surface area contributed by atoms with Crippen molar-refractivity contribution in [1.29, 1.82) is 0 Å². The zero-order chi connectivity index (χ0) is 17.5. The predicted octanol–water partition coefficient (Wildman–Crippen LogP) is 2.34. The van der Waals surface area contributed by atoms with E-state index in [9.17, 15) is 18.0 Å². The third-order valence-electron chi connectivity index (χ3n) is 3.61. The molecular formula is C16H13ClN2O4S. The summed E-state index contributed by atoms with van der Waals surface area (Å²) in [6, 6.07) is 10.8. The van der Waals surface area contributed by atoms with Crippen LogP contribution in [-0.4, -0.2) is 33.0 Å². The Balaban J connectivity index is 2.09. The number of carbonyl (C=O) groups excluding carboxylic acids is 2. The first-order chi connectivity index (χ1) is 11.3. The van der Waals surface area contributed by atoms with Crippen LogP contribution in [0.5, 0.6) is 0 Å². The second-order valence-electron chi connectivity index (χ2n) is 5.37. The van der Waals surface area contributed by atoms with E-state index in [4.69, 9.17) is 11.6 Å². The fourth-order valence-electron chi connectivity index (χ4n) is 2.46. The van der Waals surface area contributed by atoms with Crippen molar-refractivity contribution in [2.45, 2.75) is 4.90 Å². The number of anilines is 2. The fourth-order valence-corrected chi connectivity index (χ4v) is 3.30. The quantitative estimate of drug-likeness (QED) is 0.886. The minimum atomic E-state index is -3.49. The summed E-state index contributed by atoms with van der Waals surface area (Å²) in [7, 11) is -3.49. The van der Waals surface area contributed by atoms with Crippen molar-refractivity contribution in [3.63, 3.8) is 0 Å². The molecular weight excluding hydrogens is 352 g/mol. The molecule has 0 saturated heterocycles. The lowest BCUT2D eigenvalue weighted by Gasteiger charge is -2.29. The Hall–Kier alpha value is -2.38. The third kappa shape index (κ3) is 3.00. The van der Waals surface area contributed by atoms with Gasteiger partial charge in [-0.3, -0.25) is 14.5 Å². The van der Waals surface area contributed by atoms with Crippen molar-refractivity contribution in [3.05, 3.63) is 53.1 Å². The number of rotatable bonds is 2. The molecule has 0 bridgehead atoms. The number of hydrogen-bond donors (Lipinski definition) is 1. The molecule has 8 heteroatoms. The van der Waals surface area contributed by atoms with Crippen LogP contribution in [-0.2, 0) is 14.6 Å². The molecule has 1 aliphatic rings. The molecule has 1 N–H and O–H groups in total. The number of carbonyl (C=O) groups is 2. The van der Waals surface area contributed by atoms with Crippen LogP contribution >= 0.6 is 11.6 Å². The van der Waals surface area contributed by atoms with Gasteiger partial charge in [-0.05, 0) is 30.3 Å². The first-order valence-corrected chi connectivity index (χ1v) is 9.24. The molecule has 124 valence electrons. The van der Waals surface area contributed by atoms with Crippen LogP contribution in [0.3, 0.4) is 0 Å². The van der Waals surface area contributed by atoms with Gasteiger partial charge in [-0.2, -0.15) is 0 Å². The van der Waals surface area contributed by atoms with Crippen LogP contribution in [0.1, 0.15) is 10.4 Å². The molecule has 24 heavy (non-hydrogen) atoms. The summed E-state index contributed by atoms with van der Waals surface area (Å²) in [4.78, 5) is 26.0. The van der Waals surface area contributed by atoms with Gasteiger partial charge in [0, 0.05) is 6.26 Å². The standard InChI is InChI=1S/C16H13ClN2O4S/c1-24(22,23)10-6-7-12(17)11(8-10)16(21)19-9-15(20)18-13-4-2-3-5-14(13)19/h2-8H,9H2,1H3,(H,18,20). The lowest BCUT2D eigenvalue weighted by atomic mass is 10.1. The smallest absolute Gasteiger partial charge is 0.260 e. The van der Waals surface area contributed by atoms with Crippen molar-refractivity contribution in [2.75, 3.05) is 23.0 Å². The van der Waals surface area contributed by atoms with Crippen LogP contribution in [0.25, 0.3) is 0 Å². The molecule has 1 aliphatic heterocycles. The minimum absolute atomic E-state index is 0.00926. The topological polar surface area (TPSA) is 83.6 Å². The summed E-state index contributed by atoms with van der Waals surface area (Å²) >= 11 is 6.08. The molecule has 6 nitrogen and oxygen atoms in total. The molecule has 0 aliphatic carbocycles. The summed E-state index contributed by atoms with van der Waals surface area (Å²) in [6.07, 6.45) is 1.05. The molecule has 0 spiro atoms. The molecule has 0 saturated carbocycles. The van der Waals surface area contributed by atoms with Gasteiger partial charge >= 0.3 is 0 Å². The van der Waals surface area contributed by atoms with Gasteiger partial charge in [0.25, 0.3) is 5.91 Å². The Kier molecular flexibility index (Phi) is 4.06. The summed E-state index contributed by atoms with van der Waals surface area (Å²) < 4.78 is 23.4. The van der Waals surface area contributed by atoms with E-state index in [2.05, 4.69) is 5.32 Å². The van der Waals surface area contributed by atoms with Crippen LogP contribution in [0.2, 0.25) is 5.02 Å². The summed E-state index contributed by atoms with van der Waals surface area (Å²) in [6.45, 7) is -0.171. The van der Waals surface area contributed by atoms with Crippen molar-refractivity contribution in [2.24, 2.45) is 0 Å². The molecule has 0 radical (unpaired) electrons. The minimum Gasteiger partial charge on any atom is -0.323 e. The van der Waals surface area contributed by atoms with E-state index in [1.165, 1.54) is 23.1 Å². The Labute approximate surface area is 144 Å². The van der Waals surface area contributed by atoms with Gasteiger partial charge in [-0.1, -0.05) is 23.7 Å². The maximum absolute atomic E-state index is 12.9. The number of nitrogens with zero attached hydrogens (tertiary/aromatic N) is 1. The van der Waals surface area contributed by atoms with Crippen LogP contribution < -0.4 is 10.2 Å². The van der Waals surface area contributed by atoms with E-state index in [1.807, 2.05) is 0 Å². The highest BCUT2D eigenvalue weighted by molar-refractivity contribution is 7.90. The SMILES string of the molecule is CS(=O)(=O)c1ccc(Cl)c(C(=O)N2CC(=O)Nc3ccccc32)c1. The van der Waals surface area contributed by atoms with Crippen LogP contribution in [0, 0.1) is 0 Å². The Bertz CT molecular complexity index is 956. The largest absolute Gasteiger partial charge is 0.323 e. The fraction of sp³-hybridized carbons (Fsp3) is 0.125. The van der Waals surface area contributed by atoms with E-state index in [1.54, 1.807) is 24.3 Å². The summed E-state index contributed by atoms with van der Waals surface area (Å²) in [5, 5.41) is 2.81. The third-order valence-corrected chi connectivity index (χ3v) is 5.05. The first kappa shape index (κ1) is 16.5. The first-order valence-electron chi connectivity index (χ1n) is 6.98. The van der Waals surface area contributed by atoms with E-state index in [-0.39, 0.29) is 27.9 Å². The molecule has 0 unspecified atom stereocenters. The number of halogens is 1. The number of sulfone groups is 1. The number of amides is 2. The van der Waals surface area contributed by atoms with Gasteiger partial charge in [0.2, 0.25) is 5.91 Å². The van der Waals surface area contributed by atoms with Crippen molar-refractivity contribution < 1.29 is 18.0 Å². The zero-order valence-electron chi connectivity index (χ0n) is 12.6. The molecule has 0 fully saturated rings. The van der Waals surface area contributed by atoms with E-state index >= 15 is 0 Å². The molecule has 0 atom stereocenters. The van der Waals surface area contributed by atoms with Crippen LogP contribution in [0.15, 0.2) is 47.4 Å². The number of hydrogen-bond acceptors (Lipinski definition) is 4. The van der Waals surface area contributed by atoms with Gasteiger partial charge in [-0.15, -0.1) is 0 Å². The Morgan fingerprint density at radius 2 is 1.92 bits per heavy atom. The summed E-state index contributed by atoms with van der Waals surface area (Å²) in [5.74, 6) is -0.870. The van der Waals surface area contributed by atoms with Gasteiger partial charge in [0.05, 0.1) is 26.9 Å². The zero-order valence-corrected chi connectivity index (χ0v) is 14.2. The van der Waals surface area contributed by atoms with Gasteiger partial charge in [-0.25, -0.2) is 8.42 Å². The van der Waals surface area contributed by atoms with Gasteiger partial charge < -0.3 is 5.32 Å². The molecule has 2 amide bonds. The molecule has 3 rings (SSSR count).